The molecule has 0 aromatic carbocycles. The second-order valence-electron chi connectivity index (χ2n) is 4.42. The summed E-state index contributed by atoms with van der Waals surface area (Å²) >= 11 is 0. The highest BCUT2D eigenvalue weighted by atomic mass is 16.5. The molecule has 2 amide bonds. The molecule has 102 valence electrons. The van der Waals surface area contributed by atoms with Crippen LogP contribution in [0.15, 0.2) is 12.7 Å². The number of amides is 2. The van der Waals surface area contributed by atoms with Gasteiger partial charge in [-0.1, -0.05) is 13.0 Å². The van der Waals surface area contributed by atoms with Crippen LogP contribution in [0.3, 0.4) is 0 Å². The highest BCUT2D eigenvalue weighted by Gasteiger charge is 2.36. The van der Waals surface area contributed by atoms with Gasteiger partial charge in [0.25, 0.3) is 0 Å². The number of hydrogen-bond donors (Lipinski definition) is 2. The third-order valence-corrected chi connectivity index (χ3v) is 2.98. The Bertz CT molecular complexity index is 319. The molecule has 0 bridgehead atoms. The summed E-state index contributed by atoms with van der Waals surface area (Å²) in [7, 11) is 0. The lowest BCUT2D eigenvalue weighted by molar-refractivity contribution is -0.142. The first-order valence-corrected chi connectivity index (χ1v) is 6.00. The van der Waals surface area contributed by atoms with Crippen molar-refractivity contribution in [3.05, 3.63) is 12.7 Å². The van der Waals surface area contributed by atoms with E-state index in [0.29, 0.717) is 26.3 Å². The zero-order valence-corrected chi connectivity index (χ0v) is 10.6. The first-order valence-electron chi connectivity index (χ1n) is 6.00. The fraction of sp³-hybridized carbons (Fsp3) is 0.667. The highest BCUT2D eigenvalue weighted by Crippen LogP contribution is 2.22. The normalized spacial score (nSPS) is 22.8. The van der Waals surface area contributed by atoms with E-state index in [1.165, 1.54) is 4.90 Å². The molecular formula is C12H20N2O4. The van der Waals surface area contributed by atoms with E-state index in [1.54, 1.807) is 6.08 Å². The molecule has 0 aliphatic carbocycles. The molecule has 0 aromatic rings. The molecule has 2 atom stereocenters. The number of likely N-dealkylation sites (tertiary alicyclic amines) is 1. The zero-order valence-electron chi connectivity index (χ0n) is 10.6. The number of carboxylic acids is 1. The molecule has 1 aliphatic heterocycles. The standard InChI is InChI=1S/C12H20N2O4/c1-3-5-18-6-4-13-12(17)14-7-9(2)10(8-14)11(15)16/h3,9-10H,1,4-8H2,2H3,(H,13,17)(H,15,16)/t9-,10-/m1/s1. The largest absolute Gasteiger partial charge is 0.481 e. The van der Waals surface area contributed by atoms with Crippen LogP contribution in [0, 0.1) is 11.8 Å². The molecule has 0 unspecified atom stereocenters. The zero-order chi connectivity index (χ0) is 13.5. The summed E-state index contributed by atoms with van der Waals surface area (Å²) in [5.74, 6) is -1.31. The SMILES string of the molecule is C=CCOCCNC(=O)N1C[C@@H](C)[C@H](C(=O)O)C1. The van der Waals surface area contributed by atoms with E-state index in [-0.39, 0.29) is 18.5 Å². The number of urea groups is 1. The number of nitrogens with zero attached hydrogens (tertiary/aromatic N) is 1. The van der Waals surface area contributed by atoms with Gasteiger partial charge >= 0.3 is 12.0 Å². The Labute approximate surface area is 107 Å². The highest BCUT2D eigenvalue weighted by molar-refractivity contribution is 5.77. The second-order valence-corrected chi connectivity index (χ2v) is 4.42. The van der Waals surface area contributed by atoms with E-state index in [2.05, 4.69) is 11.9 Å². The summed E-state index contributed by atoms with van der Waals surface area (Å²) in [5, 5.41) is 11.7. The molecule has 1 heterocycles. The fourth-order valence-electron chi connectivity index (χ4n) is 1.96. The molecular weight excluding hydrogens is 236 g/mol. The molecule has 1 saturated heterocycles. The molecule has 18 heavy (non-hydrogen) atoms. The van der Waals surface area contributed by atoms with Crippen molar-refractivity contribution in [2.75, 3.05) is 32.8 Å². The van der Waals surface area contributed by atoms with Crippen LogP contribution < -0.4 is 5.32 Å². The van der Waals surface area contributed by atoms with Gasteiger partial charge in [-0.2, -0.15) is 0 Å². The maximum absolute atomic E-state index is 11.7. The minimum Gasteiger partial charge on any atom is -0.481 e. The van der Waals surface area contributed by atoms with E-state index in [9.17, 15) is 9.59 Å². The molecule has 6 heteroatoms. The van der Waals surface area contributed by atoms with Gasteiger partial charge in [0.1, 0.15) is 0 Å². The Hall–Kier alpha value is -1.56. The molecule has 6 nitrogen and oxygen atoms in total. The number of aliphatic carboxylic acids is 1. The summed E-state index contributed by atoms with van der Waals surface area (Å²) in [6, 6.07) is -0.229. The Kier molecular flexibility index (Phi) is 5.64. The van der Waals surface area contributed by atoms with Gasteiger partial charge < -0.3 is 20.1 Å². The Morgan fingerprint density at radius 2 is 2.28 bits per heavy atom. The summed E-state index contributed by atoms with van der Waals surface area (Å²) in [6.45, 7) is 7.40. The second kappa shape index (κ2) is 7.00. The monoisotopic (exact) mass is 256 g/mol. The number of nitrogens with one attached hydrogen (secondary N) is 1. The Morgan fingerprint density at radius 3 is 2.83 bits per heavy atom. The van der Waals surface area contributed by atoms with Crippen molar-refractivity contribution in [1.82, 2.24) is 10.2 Å². The van der Waals surface area contributed by atoms with Crippen molar-refractivity contribution in [1.29, 1.82) is 0 Å². The van der Waals surface area contributed by atoms with E-state index in [1.807, 2.05) is 6.92 Å². The first-order chi connectivity index (χ1) is 8.56. The summed E-state index contributed by atoms with van der Waals surface area (Å²) in [4.78, 5) is 24.2. The van der Waals surface area contributed by atoms with Crippen molar-refractivity contribution < 1.29 is 19.4 Å². The van der Waals surface area contributed by atoms with Crippen LogP contribution in [0.25, 0.3) is 0 Å². The van der Waals surface area contributed by atoms with Crippen LogP contribution in [-0.4, -0.2) is 54.9 Å². The van der Waals surface area contributed by atoms with Crippen molar-refractivity contribution in [2.24, 2.45) is 11.8 Å². The van der Waals surface area contributed by atoms with Gasteiger partial charge in [-0.3, -0.25) is 4.79 Å². The quantitative estimate of drug-likeness (QED) is 0.537. The van der Waals surface area contributed by atoms with Crippen molar-refractivity contribution in [2.45, 2.75) is 6.92 Å². The van der Waals surface area contributed by atoms with Gasteiger partial charge in [-0.05, 0) is 5.92 Å². The topological polar surface area (TPSA) is 78.9 Å². The molecule has 0 aromatic heterocycles. The van der Waals surface area contributed by atoms with E-state index in [0.717, 1.165) is 0 Å². The van der Waals surface area contributed by atoms with Gasteiger partial charge in [0.05, 0.1) is 19.1 Å². The predicted molar refractivity (Wildman–Crippen MR) is 66.3 cm³/mol. The number of carbonyl (C=O) groups excluding carboxylic acids is 1. The number of hydrogen-bond acceptors (Lipinski definition) is 3. The molecule has 0 saturated carbocycles. The predicted octanol–water partition coefficient (Wildman–Crippen LogP) is 0.551. The lowest BCUT2D eigenvalue weighted by Gasteiger charge is -2.16. The van der Waals surface area contributed by atoms with E-state index in [4.69, 9.17) is 9.84 Å². The summed E-state index contributed by atoms with van der Waals surface area (Å²) in [6.07, 6.45) is 1.64. The first kappa shape index (κ1) is 14.5. The fourth-order valence-corrected chi connectivity index (χ4v) is 1.96. The number of ether oxygens (including phenoxy) is 1. The van der Waals surface area contributed by atoms with Crippen LogP contribution in [0.2, 0.25) is 0 Å². The van der Waals surface area contributed by atoms with Crippen LogP contribution in [0.1, 0.15) is 6.92 Å². The number of carboxylic acid groups (broad SMARTS) is 1. The van der Waals surface area contributed by atoms with Gasteiger partial charge in [-0.25, -0.2) is 4.79 Å². The summed E-state index contributed by atoms with van der Waals surface area (Å²) < 4.78 is 5.13. The van der Waals surface area contributed by atoms with Gasteiger partial charge in [0.15, 0.2) is 0 Å². The van der Waals surface area contributed by atoms with Crippen molar-refractivity contribution in [3.8, 4) is 0 Å². The van der Waals surface area contributed by atoms with Crippen LogP contribution >= 0.6 is 0 Å². The van der Waals surface area contributed by atoms with Gasteiger partial charge in [0.2, 0.25) is 0 Å². The van der Waals surface area contributed by atoms with Crippen LogP contribution in [-0.2, 0) is 9.53 Å². The third-order valence-electron chi connectivity index (χ3n) is 2.98. The van der Waals surface area contributed by atoms with Crippen LogP contribution in [0.5, 0.6) is 0 Å². The van der Waals surface area contributed by atoms with Crippen molar-refractivity contribution in [3.63, 3.8) is 0 Å². The van der Waals surface area contributed by atoms with Gasteiger partial charge in [0, 0.05) is 19.6 Å². The molecule has 1 fully saturated rings. The maximum Gasteiger partial charge on any atom is 0.317 e. The number of carbonyl (C=O) groups is 2. The molecule has 0 spiro atoms. The smallest absolute Gasteiger partial charge is 0.317 e. The average Bonchev–Trinajstić information content (AvgIpc) is 2.71. The molecule has 2 N–H and O–H groups in total. The minimum absolute atomic E-state index is 0.00901. The summed E-state index contributed by atoms with van der Waals surface area (Å²) in [5.41, 5.74) is 0. The van der Waals surface area contributed by atoms with E-state index < -0.39 is 11.9 Å². The maximum atomic E-state index is 11.7. The van der Waals surface area contributed by atoms with Crippen LogP contribution in [0.4, 0.5) is 4.79 Å². The minimum atomic E-state index is -0.841. The molecule has 1 rings (SSSR count). The average molecular weight is 256 g/mol. The molecule has 1 aliphatic rings. The lowest BCUT2D eigenvalue weighted by atomic mass is 9.99. The van der Waals surface area contributed by atoms with Crippen molar-refractivity contribution >= 4 is 12.0 Å². The van der Waals surface area contributed by atoms with Gasteiger partial charge in [-0.15, -0.1) is 6.58 Å². The van der Waals surface area contributed by atoms with E-state index >= 15 is 0 Å². The Morgan fingerprint density at radius 1 is 1.56 bits per heavy atom. The number of rotatable bonds is 6. The Balaban J connectivity index is 2.27. The lowest BCUT2D eigenvalue weighted by Crippen LogP contribution is -2.40. The molecule has 0 radical (unpaired) electrons. The third kappa shape index (κ3) is 4.03.